The lowest BCUT2D eigenvalue weighted by Gasteiger charge is -2.23. The van der Waals surface area contributed by atoms with Gasteiger partial charge in [0.25, 0.3) is 0 Å². The average molecular weight is 245 g/mol. The van der Waals surface area contributed by atoms with Crippen LogP contribution in [-0.2, 0) is 4.79 Å². The minimum atomic E-state index is -1.42. The van der Waals surface area contributed by atoms with Gasteiger partial charge in [0.05, 0.1) is 0 Å². The minimum Gasteiger partial charge on any atom is -0.479 e. The van der Waals surface area contributed by atoms with E-state index < -0.39 is 12.1 Å². The van der Waals surface area contributed by atoms with Crippen LogP contribution < -0.4 is 16.0 Å². The van der Waals surface area contributed by atoms with Gasteiger partial charge < -0.3 is 26.2 Å². The van der Waals surface area contributed by atoms with Crippen molar-refractivity contribution in [3.8, 4) is 0 Å². The van der Waals surface area contributed by atoms with Crippen molar-refractivity contribution in [3.05, 3.63) is 0 Å². The molecular formula is C10H19N3O4. The molecule has 7 nitrogen and oxygen atoms in total. The lowest BCUT2D eigenvalue weighted by atomic mass is 10.1. The Morgan fingerprint density at radius 3 is 2.59 bits per heavy atom. The third kappa shape index (κ3) is 5.50. The van der Waals surface area contributed by atoms with Crippen LogP contribution in [-0.4, -0.2) is 54.0 Å². The fourth-order valence-corrected chi connectivity index (χ4v) is 1.65. The zero-order valence-corrected chi connectivity index (χ0v) is 9.61. The van der Waals surface area contributed by atoms with Gasteiger partial charge in [0, 0.05) is 19.0 Å². The summed E-state index contributed by atoms with van der Waals surface area (Å²) < 4.78 is 0. The Morgan fingerprint density at radius 2 is 2.00 bits per heavy atom. The maximum atomic E-state index is 11.4. The number of piperidine rings is 1. The van der Waals surface area contributed by atoms with E-state index in [0.717, 1.165) is 25.9 Å². The second-order valence-corrected chi connectivity index (χ2v) is 4.07. The number of carbonyl (C=O) groups is 2. The first kappa shape index (κ1) is 13.7. The van der Waals surface area contributed by atoms with Gasteiger partial charge in [-0.15, -0.1) is 0 Å². The summed E-state index contributed by atoms with van der Waals surface area (Å²) in [7, 11) is 0. The van der Waals surface area contributed by atoms with Crippen LogP contribution in [0.3, 0.4) is 0 Å². The summed E-state index contributed by atoms with van der Waals surface area (Å²) in [6, 6.07) is -0.143. The first-order valence-electron chi connectivity index (χ1n) is 5.75. The number of nitrogens with one attached hydrogen (secondary N) is 3. The molecule has 0 spiro atoms. The van der Waals surface area contributed by atoms with E-state index in [0.29, 0.717) is 0 Å². The second kappa shape index (κ2) is 7.08. The topological polar surface area (TPSA) is 111 Å². The number of urea groups is 1. The van der Waals surface area contributed by atoms with E-state index in [1.807, 2.05) is 0 Å². The zero-order chi connectivity index (χ0) is 12.7. The van der Waals surface area contributed by atoms with E-state index in [2.05, 4.69) is 16.0 Å². The number of rotatable bonds is 5. The molecule has 1 rings (SSSR count). The van der Waals surface area contributed by atoms with E-state index in [1.54, 1.807) is 0 Å². The number of hydrogen-bond donors (Lipinski definition) is 5. The molecule has 1 unspecified atom stereocenters. The molecule has 0 bridgehead atoms. The summed E-state index contributed by atoms with van der Waals surface area (Å²) in [5.74, 6) is -1.27. The highest BCUT2D eigenvalue weighted by molar-refractivity contribution is 5.74. The SMILES string of the molecule is O=C(NCCC(O)C(=O)O)NC1CCNCC1. The maximum Gasteiger partial charge on any atom is 0.332 e. The highest BCUT2D eigenvalue weighted by Crippen LogP contribution is 2.01. The van der Waals surface area contributed by atoms with E-state index in [1.165, 1.54) is 0 Å². The summed E-state index contributed by atoms with van der Waals surface area (Å²) in [6.45, 7) is 1.93. The van der Waals surface area contributed by atoms with Gasteiger partial charge in [-0.05, 0) is 25.9 Å². The molecule has 7 heteroatoms. The molecule has 0 radical (unpaired) electrons. The number of carboxylic acids is 1. The molecule has 2 amide bonds. The minimum absolute atomic E-state index is 0.00890. The van der Waals surface area contributed by atoms with Gasteiger partial charge in [-0.3, -0.25) is 0 Å². The molecule has 17 heavy (non-hydrogen) atoms. The molecule has 1 saturated heterocycles. The lowest BCUT2D eigenvalue weighted by molar-refractivity contribution is -0.146. The van der Waals surface area contributed by atoms with Gasteiger partial charge in [0.15, 0.2) is 6.10 Å². The largest absolute Gasteiger partial charge is 0.479 e. The van der Waals surface area contributed by atoms with E-state index in [-0.39, 0.29) is 25.0 Å². The van der Waals surface area contributed by atoms with Crippen molar-refractivity contribution in [1.82, 2.24) is 16.0 Å². The summed E-state index contributed by atoms with van der Waals surface area (Å²) in [5.41, 5.74) is 0. The summed E-state index contributed by atoms with van der Waals surface area (Å²) in [6.07, 6.45) is 0.375. The maximum absolute atomic E-state index is 11.4. The first-order chi connectivity index (χ1) is 8.09. The van der Waals surface area contributed by atoms with Crippen molar-refractivity contribution in [3.63, 3.8) is 0 Å². The molecular weight excluding hydrogens is 226 g/mol. The molecule has 1 heterocycles. The van der Waals surface area contributed by atoms with E-state index >= 15 is 0 Å². The number of amides is 2. The Morgan fingerprint density at radius 1 is 1.35 bits per heavy atom. The normalized spacial score (nSPS) is 18.4. The Balaban J connectivity index is 2.10. The Hall–Kier alpha value is -1.34. The lowest BCUT2D eigenvalue weighted by Crippen LogP contribution is -2.47. The van der Waals surface area contributed by atoms with Crippen LogP contribution in [0.15, 0.2) is 0 Å². The monoisotopic (exact) mass is 245 g/mol. The molecule has 1 atom stereocenters. The summed E-state index contributed by atoms with van der Waals surface area (Å²) in [4.78, 5) is 21.7. The molecule has 0 aromatic heterocycles. The van der Waals surface area contributed by atoms with Crippen molar-refractivity contribution in [2.45, 2.75) is 31.4 Å². The van der Waals surface area contributed by atoms with Gasteiger partial charge in [-0.2, -0.15) is 0 Å². The highest BCUT2D eigenvalue weighted by atomic mass is 16.4. The molecule has 1 fully saturated rings. The number of carbonyl (C=O) groups excluding carboxylic acids is 1. The molecule has 0 aliphatic carbocycles. The highest BCUT2D eigenvalue weighted by Gasteiger charge is 2.16. The number of carboxylic acid groups (broad SMARTS) is 1. The summed E-state index contributed by atoms with van der Waals surface area (Å²) >= 11 is 0. The number of hydrogen-bond acceptors (Lipinski definition) is 4. The fraction of sp³-hybridized carbons (Fsp3) is 0.800. The van der Waals surface area contributed by atoms with Crippen LogP contribution in [0.25, 0.3) is 0 Å². The van der Waals surface area contributed by atoms with Gasteiger partial charge in [0.2, 0.25) is 0 Å². The molecule has 1 aliphatic rings. The summed E-state index contributed by atoms with van der Waals surface area (Å²) in [5, 5.41) is 25.9. The third-order valence-corrected chi connectivity index (χ3v) is 2.66. The zero-order valence-electron chi connectivity index (χ0n) is 9.61. The quantitative estimate of drug-likeness (QED) is 0.421. The van der Waals surface area contributed by atoms with Crippen LogP contribution in [0, 0.1) is 0 Å². The number of aliphatic hydroxyl groups excluding tert-OH is 1. The Bertz CT molecular complexity index is 266. The molecule has 98 valence electrons. The third-order valence-electron chi connectivity index (χ3n) is 2.66. The van der Waals surface area contributed by atoms with Gasteiger partial charge in [-0.25, -0.2) is 9.59 Å². The second-order valence-electron chi connectivity index (χ2n) is 4.07. The fourth-order valence-electron chi connectivity index (χ4n) is 1.65. The van der Waals surface area contributed by atoms with Crippen molar-refractivity contribution >= 4 is 12.0 Å². The average Bonchev–Trinajstić information content (AvgIpc) is 2.30. The standard InChI is InChI=1S/C10H19N3O4/c14-8(9(15)16)3-6-12-10(17)13-7-1-4-11-5-2-7/h7-8,11,14H,1-6H2,(H,15,16)(H2,12,13,17). The van der Waals surface area contributed by atoms with E-state index in [4.69, 9.17) is 10.2 Å². The van der Waals surface area contributed by atoms with Crippen LogP contribution in [0.5, 0.6) is 0 Å². The van der Waals surface area contributed by atoms with Crippen LogP contribution >= 0.6 is 0 Å². The van der Waals surface area contributed by atoms with Crippen molar-refractivity contribution < 1.29 is 19.8 Å². The van der Waals surface area contributed by atoms with Gasteiger partial charge in [-0.1, -0.05) is 0 Å². The molecule has 1 aliphatic heterocycles. The Labute approximate surface area is 99.6 Å². The first-order valence-corrected chi connectivity index (χ1v) is 5.75. The van der Waals surface area contributed by atoms with Crippen molar-refractivity contribution in [2.75, 3.05) is 19.6 Å². The van der Waals surface area contributed by atoms with Crippen LogP contribution in [0.4, 0.5) is 4.79 Å². The number of aliphatic carboxylic acids is 1. The smallest absolute Gasteiger partial charge is 0.332 e. The predicted octanol–water partition coefficient (Wildman–Crippen LogP) is -1.13. The Kier molecular flexibility index (Phi) is 5.71. The van der Waals surface area contributed by atoms with E-state index in [9.17, 15) is 9.59 Å². The number of aliphatic hydroxyl groups is 1. The van der Waals surface area contributed by atoms with Gasteiger partial charge >= 0.3 is 12.0 Å². The predicted molar refractivity (Wildman–Crippen MR) is 60.7 cm³/mol. The van der Waals surface area contributed by atoms with Crippen molar-refractivity contribution in [1.29, 1.82) is 0 Å². The van der Waals surface area contributed by atoms with Crippen molar-refractivity contribution in [2.24, 2.45) is 0 Å². The van der Waals surface area contributed by atoms with Gasteiger partial charge in [0.1, 0.15) is 0 Å². The molecule has 0 aromatic carbocycles. The molecule has 0 saturated carbocycles. The van der Waals surface area contributed by atoms with Crippen LogP contribution in [0.1, 0.15) is 19.3 Å². The molecule has 0 aromatic rings. The molecule has 5 N–H and O–H groups in total. The van der Waals surface area contributed by atoms with Crippen LogP contribution in [0.2, 0.25) is 0 Å².